The fourth-order valence-corrected chi connectivity index (χ4v) is 2.55. The summed E-state index contributed by atoms with van der Waals surface area (Å²) < 4.78 is 0. The van der Waals surface area contributed by atoms with Crippen molar-refractivity contribution in [3.8, 4) is 0 Å². The molecule has 1 aromatic rings. The number of hydrogen-bond donors (Lipinski definition) is 1. The molecular formula is C15H22N2O. The molecule has 1 aliphatic heterocycles. The van der Waals surface area contributed by atoms with Gasteiger partial charge in [-0.2, -0.15) is 0 Å². The molecule has 0 saturated carbocycles. The highest BCUT2D eigenvalue weighted by Crippen LogP contribution is 2.24. The molecule has 3 heteroatoms. The fraction of sp³-hybridized carbons (Fsp3) is 0.533. The SMILES string of the molecule is CCCC(=O)NC[C@@H]1CCCN1c1ccccc1. The largest absolute Gasteiger partial charge is 0.367 e. The van der Waals surface area contributed by atoms with Crippen LogP contribution >= 0.6 is 0 Å². The highest BCUT2D eigenvalue weighted by Gasteiger charge is 2.24. The predicted octanol–water partition coefficient (Wildman–Crippen LogP) is 2.57. The number of carbonyl (C=O) groups is 1. The Kier molecular flexibility index (Phi) is 4.62. The van der Waals surface area contributed by atoms with E-state index in [2.05, 4.69) is 34.5 Å². The molecule has 1 aliphatic rings. The quantitative estimate of drug-likeness (QED) is 0.866. The minimum atomic E-state index is 0.178. The molecule has 1 saturated heterocycles. The summed E-state index contributed by atoms with van der Waals surface area (Å²) in [4.78, 5) is 13.9. The molecule has 1 fully saturated rings. The molecule has 0 aromatic heterocycles. The van der Waals surface area contributed by atoms with Crippen molar-refractivity contribution in [1.29, 1.82) is 0 Å². The number of anilines is 1. The van der Waals surface area contributed by atoms with E-state index in [0.717, 1.165) is 19.5 Å². The van der Waals surface area contributed by atoms with Crippen LogP contribution in [0.3, 0.4) is 0 Å². The van der Waals surface area contributed by atoms with Gasteiger partial charge in [-0.1, -0.05) is 25.1 Å². The Morgan fingerprint density at radius 3 is 2.89 bits per heavy atom. The lowest BCUT2D eigenvalue weighted by Gasteiger charge is -2.27. The first-order valence-electron chi connectivity index (χ1n) is 6.89. The first-order valence-corrected chi connectivity index (χ1v) is 6.89. The summed E-state index contributed by atoms with van der Waals surface area (Å²) in [5, 5.41) is 3.04. The van der Waals surface area contributed by atoms with Crippen LogP contribution in [-0.4, -0.2) is 25.0 Å². The van der Waals surface area contributed by atoms with Crippen molar-refractivity contribution in [2.75, 3.05) is 18.0 Å². The van der Waals surface area contributed by atoms with Crippen molar-refractivity contribution in [3.63, 3.8) is 0 Å². The summed E-state index contributed by atoms with van der Waals surface area (Å²) in [6.07, 6.45) is 3.93. The van der Waals surface area contributed by atoms with Crippen LogP contribution in [0.4, 0.5) is 5.69 Å². The van der Waals surface area contributed by atoms with Crippen LogP contribution < -0.4 is 10.2 Å². The average molecular weight is 246 g/mol. The summed E-state index contributed by atoms with van der Waals surface area (Å²) in [5.74, 6) is 0.178. The molecule has 1 heterocycles. The number of benzene rings is 1. The molecule has 0 aliphatic carbocycles. The van der Waals surface area contributed by atoms with Crippen LogP contribution in [0.2, 0.25) is 0 Å². The topological polar surface area (TPSA) is 32.3 Å². The lowest BCUT2D eigenvalue weighted by Crippen LogP contribution is -2.40. The molecule has 0 bridgehead atoms. The molecule has 2 rings (SSSR count). The van der Waals surface area contributed by atoms with Gasteiger partial charge in [0.15, 0.2) is 0 Å². The Labute approximate surface area is 109 Å². The zero-order valence-corrected chi connectivity index (χ0v) is 11.1. The van der Waals surface area contributed by atoms with Gasteiger partial charge in [0, 0.05) is 31.2 Å². The minimum absolute atomic E-state index is 0.178. The summed E-state index contributed by atoms with van der Waals surface area (Å²) in [6, 6.07) is 10.9. The van der Waals surface area contributed by atoms with Crippen LogP contribution in [0.1, 0.15) is 32.6 Å². The van der Waals surface area contributed by atoms with Crippen molar-refractivity contribution in [2.45, 2.75) is 38.6 Å². The van der Waals surface area contributed by atoms with Crippen LogP contribution in [0.25, 0.3) is 0 Å². The third-order valence-electron chi connectivity index (χ3n) is 3.48. The first-order chi connectivity index (χ1) is 8.81. The van der Waals surface area contributed by atoms with E-state index < -0.39 is 0 Å². The van der Waals surface area contributed by atoms with E-state index in [4.69, 9.17) is 0 Å². The summed E-state index contributed by atoms with van der Waals surface area (Å²) >= 11 is 0. The monoisotopic (exact) mass is 246 g/mol. The van der Waals surface area contributed by atoms with Crippen molar-refractivity contribution < 1.29 is 4.79 Å². The Hall–Kier alpha value is -1.51. The van der Waals surface area contributed by atoms with E-state index >= 15 is 0 Å². The maximum Gasteiger partial charge on any atom is 0.220 e. The summed E-state index contributed by atoms with van der Waals surface area (Å²) in [7, 11) is 0. The Balaban J connectivity index is 1.90. The number of amides is 1. The number of para-hydroxylation sites is 1. The first kappa shape index (κ1) is 12.9. The zero-order valence-electron chi connectivity index (χ0n) is 11.1. The second-order valence-corrected chi connectivity index (χ2v) is 4.88. The lowest BCUT2D eigenvalue weighted by atomic mass is 10.2. The van der Waals surface area contributed by atoms with Crippen LogP contribution in [0, 0.1) is 0 Å². The third-order valence-corrected chi connectivity index (χ3v) is 3.48. The maximum atomic E-state index is 11.5. The van der Waals surface area contributed by atoms with Crippen molar-refractivity contribution >= 4 is 11.6 Å². The standard InChI is InChI=1S/C15H22N2O/c1-2-7-15(18)16-12-14-10-6-11-17(14)13-8-4-3-5-9-13/h3-5,8-9,14H,2,6-7,10-12H2,1H3,(H,16,18)/t14-/m0/s1. The summed E-state index contributed by atoms with van der Waals surface area (Å²) in [6.45, 7) is 3.90. The predicted molar refractivity (Wildman–Crippen MR) is 74.7 cm³/mol. The van der Waals surface area contributed by atoms with Gasteiger partial charge in [-0.05, 0) is 31.4 Å². The number of rotatable bonds is 5. The summed E-state index contributed by atoms with van der Waals surface area (Å²) in [5.41, 5.74) is 1.27. The highest BCUT2D eigenvalue weighted by molar-refractivity contribution is 5.75. The van der Waals surface area contributed by atoms with Crippen LogP contribution in [0.15, 0.2) is 30.3 Å². The van der Waals surface area contributed by atoms with E-state index in [1.807, 2.05) is 13.0 Å². The van der Waals surface area contributed by atoms with E-state index in [1.54, 1.807) is 0 Å². The van der Waals surface area contributed by atoms with Crippen LogP contribution in [0.5, 0.6) is 0 Å². The third kappa shape index (κ3) is 3.25. The molecule has 1 amide bonds. The van der Waals surface area contributed by atoms with Gasteiger partial charge in [0.2, 0.25) is 5.91 Å². The van der Waals surface area contributed by atoms with Gasteiger partial charge in [0.05, 0.1) is 0 Å². The molecule has 0 spiro atoms. The molecule has 18 heavy (non-hydrogen) atoms. The molecule has 3 nitrogen and oxygen atoms in total. The van der Waals surface area contributed by atoms with E-state index in [1.165, 1.54) is 18.5 Å². The molecule has 1 atom stereocenters. The molecule has 1 N–H and O–H groups in total. The normalized spacial score (nSPS) is 18.9. The lowest BCUT2D eigenvalue weighted by molar-refractivity contribution is -0.121. The molecule has 1 aromatic carbocycles. The second-order valence-electron chi connectivity index (χ2n) is 4.88. The van der Waals surface area contributed by atoms with Gasteiger partial charge in [-0.3, -0.25) is 4.79 Å². The molecule has 0 unspecified atom stereocenters. The van der Waals surface area contributed by atoms with Crippen LogP contribution in [-0.2, 0) is 4.79 Å². The van der Waals surface area contributed by atoms with Gasteiger partial charge < -0.3 is 10.2 Å². The molecule has 98 valence electrons. The van der Waals surface area contributed by atoms with Gasteiger partial charge in [-0.25, -0.2) is 0 Å². The van der Waals surface area contributed by atoms with Crippen molar-refractivity contribution in [3.05, 3.63) is 30.3 Å². The van der Waals surface area contributed by atoms with Gasteiger partial charge in [0.25, 0.3) is 0 Å². The second kappa shape index (κ2) is 6.43. The van der Waals surface area contributed by atoms with Crippen molar-refractivity contribution in [2.24, 2.45) is 0 Å². The number of nitrogens with one attached hydrogen (secondary N) is 1. The fourth-order valence-electron chi connectivity index (χ4n) is 2.55. The van der Waals surface area contributed by atoms with Crippen molar-refractivity contribution in [1.82, 2.24) is 5.32 Å². The molecule has 0 radical (unpaired) electrons. The van der Waals surface area contributed by atoms with Gasteiger partial charge in [0.1, 0.15) is 0 Å². The number of carbonyl (C=O) groups excluding carboxylic acids is 1. The zero-order chi connectivity index (χ0) is 12.8. The van der Waals surface area contributed by atoms with Gasteiger partial charge in [-0.15, -0.1) is 0 Å². The Morgan fingerprint density at radius 2 is 2.17 bits per heavy atom. The Bertz CT molecular complexity index is 377. The Morgan fingerprint density at radius 1 is 1.39 bits per heavy atom. The van der Waals surface area contributed by atoms with E-state index in [-0.39, 0.29) is 5.91 Å². The minimum Gasteiger partial charge on any atom is -0.367 e. The number of hydrogen-bond acceptors (Lipinski definition) is 2. The number of nitrogens with zero attached hydrogens (tertiary/aromatic N) is 1. The van der Waals surface area contributed by atoms with Gasteiger partial charge >= 0.3 is 0 Å². The van der Waals surface area contributed by atoms with E-state index in [9.17, 15) is 4.79 Å². The maximum absolute atomic E-state index is 11.5. The average Bonchev–Trinajstić information content (AvgIpc) is 2.86. The van der Waals surface area contributed by atoms with E-state index in [0.29, 0.717) is 12.5 Å². The molecular weight excluding hydrogens is 224 g/mol. The smallest absolute Gasteiger partial charge is 0.220 e. The highest BCUT2D eigenvalue weighted by atomic mass is 16.1.